The fraction of sp³-hybridized carbons (Fsp3) is 0.300. The van der Waals surface area contributed by atoms with Crippen LogP contribution in [0.4, 0.5) is 11.5 Å². The van der Waals surface area contributed by atoms with Gasteiger partial charge in [0.2, 0.25) is 0 Å². The molecule has 2 aliphatic rings. The van der Waals surface area contributed by atoms with Crippen LogP contribution >= 0.6 is 24.0 Å². The van der Waals surface area contributed by atoms with Crippen molar-refractivity contribution in [2.45, 2.75) is 46.1 Å². The maximum Gasteiger partial charge on any atom is 0.296 e. The quantitative estimate of drug-likeness (QED) is 0.256. The molecule has 1 amide bonds. The van der Waals surface area contributed by atoms with E-state index in [1.807, 2.05) is 49.4 Å². The molecule has 2 aliphatic heterocycles. The van der Waals surface area contributed by atoms with Crippen LogP contribution in [0.5, 0.6) is 0 Å². The lowest BCUT2D eigenvalue weighted by molar-refractivity contribution is -0.113. The van der Waals surface area contributed by atoms with Gasteiger partial charge < -0.3 is 4.90 Å². The Morgan fingerprint density at radius 3 is 2.51 bits per heavy atom. The number of hydrogen-bond donors (Lipinski definition) is 0. The van der Waals surface area contributed by atoms with E-state index in [1.54, 1.807) is 30.9 Å². The van der Waals surface area contributed by atoms with E-state index in [2.05, 4.69) is 11.8 Å². The van der Waals surface area contributed by atoms with Crippen LogP contribution in [0.2, 0.25) is 0 Å². The zero-order chi connectivity index (χ0) is 29.0. The maximum absolute atomic E-state index is 13.9. The first-order chi connectivity index (χ1) is 19.7. The predicted octanol–water partition coefficient (Wildman–Crippen LogP) is 4.59. The number of hydrogen-bond acceptors (Lipinski definition) is 7. The number of fused-ring (bicyclic) bond motifs is 1. The summed E-state index contributed by atoms with van der Waals surface area (Å²) in [6, 6.07) is 13.2. The second kappa shape index (κ2) is 10.5. The molecule has 0 N–H and O–H groups in total. The summed E-state index contributed by atoms with van der Waals surface area (Å²) in [6.07, 6.45) is 6.42. The summed E-state index contributed by atoms with van der Waals surface area (Å²) in [5.74, 6) is 0.140. The number of para-hydroxylation sites is 1. The number of aryl methyl sites for hydroxylation is 1. The number of piperidine rings is 1. The number of benzene rings is 1. The van der Waals surface area contributed by atoms with Crippen molar-refractivity contribution in [3.63, 3.8) is 0 Å². The molecule has 1 unspecified atom stereocenters. The average Bonchev–Trinajstić information content (AvgIpc) is 3.35. The molecule has 11 heteroatoms. The highest BCUT2D eigenvalue weighted by atomic mass is 32.2. The molecule has 0 saturated carbocycles. The Morgan fingerprint density at radius 2 is 1.78 bits per heavy atom. The van der Waals surface area contributed by atoms with Gasteiger partial charge in [0, 0.05) is 25.8 Å². The number of carbonyl (C=O) groups is 1. The van der Waals surface area contributed by atoms with Gasteiger partial charge in [-0.05, 0) is 69.9 Å². The van der Waals surface area contributed by atoms with Crippen molar-refractivity contribution in [3.05, 3.63) is 91.1 Å². The molecule has 0 spiro atoms. The van der Waals surface area contributed by atoms with Gasteiger partial charge in [0.1, 0.15) is 17.2 Å². The molecule has 0 radical (unpaired) electrons. The molecular weight excluding hydrogens is 557 g/mol. The summed E-state index contributed by atoms with van der Waals surface area (Å²) < 4.78 is 5.00. The van der Waals surface area contributed by atoms with Crippen molar-refractivity contribution in [2.24, 2.45) is 7.05 Å². The van der Waals surface area contributed by atoms with Gasteiger partial charge in [0.25, 0.3) is 17.0 Å². The number of carbonyl (C=O) groups excluding carboxylic acids is 1. The van der Waals surface area contributed by atoms with E-state index in [0.717, 1.165) is 43.1 Å². The molecule has 3 aromatic heterocycles. The Morgan fingerprint density at radius 1 is 1.02 bits per heavy atom. The maximum atomic E-state index is 13.9. The van der Waals surface area contributed by atoms with Crippen molar-refractivity contribution < 1.29 is 4.79 Å². The number of aromatic nitrogens is 4. The predicted molar refractivity (Wildman–Crippen MR) is 168 cm³/mol. The van der Waals surface area contributed by atoms with Crippen molar-refractivity contribution in [1.82, 2.24) is 18.7 Å². The van der Waals surface area contributed by atoms with Gasteiger partial charge in [0.15, 0.2) is 4.32 Å². The number of thiocarbonyl (C=S) groups is 1. The number of amides is 1. The van der Waals surface area contributed by atoms with Crippen molar-refractivity contribution in [2.75, 3.05) is 16.3 Å². The highest BCUT2D eigenvalue weighted by Gasteiger charge is 2.38. The fourth-order valence-corrected chi connectivity index (χ4v) is 6.91. The topological polar surface area (TPSA) is 84.8 Å². The average molecular weight is 587 g/mol. The minimum atomic E-state index is -0.433. The molecule has 210 valence electrons. The zero-order valence-electron chi connectivity index (χ0n) is 23.3. The Balaban J connectivity index is 1.49. The van der Waals surface area contributed by atoms with Crippen molar-refractivity contribution in [3.8, 4) is 5.69 Å². The Kier molecular flexibility index (Phi) is 6.95. The Bertz CT molecular complexity index is 1870. The van der Waals surface area contributed by atoms with Crippen LogP contribution in [-0.4, -0.2) is 41.6 Å². The number of pyridine rings is 1. The van der Waals surface area contributed by atoms with Gasteiger partial charge in [-0.1, -0.05) is 48.2 Å². The molecule has 0 bridgehead atoms. The van der Waals surface area contributed by atoms with Gasteiger partial charge in [-0.2, -0.15) is 0 Å². The van der Waals surface area contributed by atoms with Crippen LogP contribution in [0.25, 0.3) is 17.4 Å². The fourth-order valence-electron chi connectivity index (χ4n) is 5.66. The van der Waals surface area contributed by atoms with Crippen LogP contribution in [0.3, 0.4) is 0 Å². The highest BCUT2D eigenvalue weighted by Crippen LogP contribution is 2.37. The minimum absolute atomic E-state index is 0.201. The summed E-state index contributed by atoms with van der Waals surface area (Å²) in [6.45, 7) is 6.63. The molecule has 4 aromatic rings. The molecule has 9 nitrogen and oxygen atoms in total. The first kappa shape index (κ1) is 27.2. The van der Waals surface area contributed by atoms with Crippen LogP contribution in [0.1, 0.15) is 43.0 Å². The molecule has 5 heterocycles. The van der Waals surface area contributed by atoms with Crippen molar-refractivity contribution >= 4 is 57.4 Å². The Labute approximate surface area is 246 Å². The standard InChI is InChI=1S/C30H30N6O3S2/c1-18-11-10-16-34-25(18)31-26(33-15-9-8-12-19(33)2)22(27(34)37)17-23-28(38)35(30(40)41-23)24-20(3)32(4)36(29(24)39)21-13-6-5-7-14-21/h5-7,10-11,13-14,16-17,19H,8-9,12,15H2,1-4H3/b23-17+. The van der Waals surface area contributed by atoms with E-state index in [9.17, 15) is 14.4 Å². The lowest BCUT2D eigenvalue weighted by atomic mass is 10.0. The van der Waals surface area contributed by atoms with E-state index >= 15 is 0 Å². The molecule has 1 aromatic carbocycles. The molecular formula is C30H30N6O3S2. The summed E-state index contributed by atoms with van der Waals surface area (Å²) in [5, 5.41) is 0. The van der Waals surface area contributed by atoms with E-state index in [-0.39, 0.29) is 32.1 Å². The second-order valence-electron chi connectivity index (χ2n) is 10.5. The molecule has 6 rings (SSSR count). The first-order valence-electron chi connectivity index (χ1n) is 13.6. The molecule has 1 atom stereocenters. The number of rotatable bonds is 4. The van der Waals surface area contributed by atoms with Crippen LogP contribution < -0.4 is 20.9 Å². The third kappa shape index (κ3) is 4.43. The van der Waals surface area contributed by atoms with Gasteiger partial charge >= 0.3 is 0 Å². The zero-order valence-corrected chi connectivity index (χ0v) is 25.0. The van der Waals surface area contributed by atoms with Crippen LogP contribution in [0, 0.1) is 13.8 Å². The van der Waals surface area contributed by atoms with Gasteiger partial charge in [-0.3, -0.25) is 28.4 Å². The van der Waals surface area contributed by atoms with Gasteiger partial charge in [-0.25, -0.2) is 9.67 Å². The SMILES string of the molecule is Cc1cccn2c(=O)c(/C=C3/SC(=S)N(c4c(C)n(C)n(-c5ccccc5)c4=O)C3=O)c(N3CCCCC3C)nc12. The smallest absolute Gasteiger partial charge is 0.296 e. The normalized spacial score (nSPS) is 18.7. The monoisotopic (exact) mass is 586 g/mol. The number of nitrogens with zero attached hydrogens (tertiary/aromatic N) is 6. The summed E-state index contributed by atoms with van der Waals surface area (Å²) in [7, 11) is 1.77. The lowest BCUT2D eigenvalue weighted by Crippen LogP contribution is -2.40. The van der Waals surface area contributed by atoms with E-state index in [0.29, 0.717) is 28.4 Å². The third-order valence-corrected chi connectivity index (χ3v) is 9.26. The van der Waals surface area contributed by atoms with Crippen LogP contribution in [-0.2, 0) is 11.8 Å². The second-order valence-corrected chi connectivity index (χ2v) is 12.2. The molecule has 2 fully saturated rings. The molecule has 0 aliphatic carbocycles. The largest absolute Gasteiger partial charge is 0.353 e. The highest BCUT2D eigenvalue weighted by molar-refractivity contribution is 8.27. The van der Waals surface area contributed by atoms with Crippen molar-refractivity contribution in [1.29, 1.82) is 0 Å². The molecule has 2 saturated heterocycles. The lowest BCUT2D eigenvalue weighted by Gasteiger charge is -2.35. The summed E-state index contributed by atoms with van der Waals surface area (Å²) in [5.41, 5.74) is 2.71. The first-order valence-corrected chi connectivity index (χ1v) is 14.8. The minimum Gasteiger partial charge on any atom is -0.353 e. The molecule has 41 heavy (non-hydrogen) atoms. The third-order valence-electron chi connectivity index (χ3n) is 7.96. The van der Waals surface area contributed by atoms with E-state index < -0.39 is 5.91 Å². The number of thioether (sulfide) groups is 1. The Hall–Kier alpha value is -3.96. The van der Waals surface area contributed by atoms with Gasteiger partial charge in [-0.15, -0.1) is 0 Å². The summed E-state index contributed by atoms with van der Waals surface area (Å²) >= 11 is 6.74. The van der Waals surface area contributed by atoms with E-state index in [4.69, 9.17) is 17.2 Å². The number of anilines is 2. The summed E-state index contributed by atoms with van der Waals surface area (Å²) in [4.78, 5) is 50.2. The van der Waals surface area contributed by atoms with E-state index in [1.165, 1.54) is 14.0 Å². The van der Waals surface area contributed by atoms with Crippen LogP contribution in [0.15, 0.2) is 63.2 Å². The van der Waals surface area contributed by atoms with Gasteiger partial charge in [0.05, 0.1) is 21.8 Å².